The van der Waals surface area contributed by atoms with Gasteiger partial charge in [-0.2, -0.15) is 0 Å². The first-order chi connectivity index (χ1) is 9.49. The van der Waals surface area contributed by atoms with E-state index in [4.69, 9.17) is 5.73 Å². The molecule has 0 aliphatic rings. The molecular weight excluding hydrogens is 256 g/mol. The number of hydrogen-bond acceptors (Lipinski definition) is 4. The van der Waals surface area contributed by atoms with Crippen LogP contribution in [0.5, 0.6) is 0 Å². The van der Waals surface area contributed by atoms with Crippen LogP contribution >= 0.6 is 0 Å². The van der Waals surface area contributed by atoms with Gasteiger partial charge in [-0.15, -0.1) is 0 Å². The van der Waals surface area contributed by atoms with Crippen LogP contribution in [0, 0.1) is 0 Å². The minimum Gasteiger partial charge on any atom is -0.397 e. The second-order valence-corrected chi connectivity index (χ2v) is 4.48. The van der Waals surface area contributed by atoms with E-state index in [9.17, 15) is 9.59 Å². The molecular formula is C14H22N4O2. The monoisotopic (exact) mass is 278 g/mol. The lowest BCUT2D eigenvalue weighted by atomic mass is 10.1. The molecule has 0 atom stereocenters. The van der Waals surface area contributed by atoms with Crippen molar-refractivity contribution in [1.29, 1.82) is 0 Å². The fraction of sp³-hybridized carbons (Fsp3) is 0.429. The summed E-state index contributed by atoms with van der Waals surface area (Å²) >= 11 is 0. The van der Waals surface area contributed by atoms with Gasteiger partial charge in [-0.05, 0) is 25.1 Å². The maximum Gasteiger partial charge on any atom is 0.251 e. The van der Waals surface area contributed by atoms with Gasteiger partial charge in [-0.1, -0.05) is 0 Å². The number of anilines is 2. The SMILES string of the molecule is CCNC(=O)c1ccc(N(C)CCC(=O)NC)c(N)c1. The van der Waals surface area contributed by atoms with E-state index in [2.05, 4.69) is 10.6 Å². The maximum absolute atomic E-state index is 11.7. The molecule has 0 radical (unpaired) electrons. The van der Waals surface area contributed by atoms with Crippen LogP contribution in [0.4, 0.5) is 11.4 Å². The van der Waals surface area contributed by atoms with E-state index in [0.29, 0.717) is 30.8 Å². The summed E-state index contributed by atoms with van der Waals surface area (Å²) in [6, 6.07) is 5.17. The molecule has 6 nitrogen and oxygen atoms in total. The molecule has 0 bridgehead atoms. The van der Waals surface area contributed by atoms with Gasteiger partial charge >= 0.3 is 0 Å². The molecule has 0 aliphatic heterocycles. The van der Waals surface area contributed by atoms with Gasteiger partial charge < -0.3 is 21.3 Å². The quantitative estimate of drug-likeness (QED) is 0.665. The van der Waals surface area contributed by atoms with E-state index in [1.807, 2.05) is 18.9 Å². The van der Waals surface area contributed by atoms with Crippen LogP contribution in [0.1, 0.15) is 23.7 Å². The summed E-state index contributed by atoms with van der Waals surface area (Å²) < 4.78 is 0. The average Bonchev–Trinajstić information content (AvgIpc) is 2.44. The van der Waals surface area contributed by atoms with Crippen LogP contribution < -0.4 is 21.3 Å². The lowest BCUT2D eigenvalue weighted by Crippen LogP contribution is -2.27. The molecule has 0 heterocycles. The smallest absolute Gasteiger partial charge is 0.251 e. The van der Waals surface area contributed by atoms with Gasteiger partial charge in [0.15, 0.2) is 0 Å². The Morgan fingerprint density at radius 3 is 2.60 bits per heavy atom. The van der Waals surface area contributed by atoms with E-state index in [0.717, 1.165) is 5.69 Å². The number of hydrogen-bond donors (Lipinski definition) is 3. The zero-order chi connectivity index (χ0) is 15.1. The fourth-order valence-corrected chi connectivity index (χ4v) is 1.82. The van der Waals surface area contributed by atoms with Gasteiger partial charge in [0.25, 0.3) is 5.91 Å². The first-order valence-electron chi connectivity index (χ1n) is 6.59. The minimum atomic E-state index is -0.140. The molecule has 1 aromatic rings. The standard InChI is InChI=1S/C14H22N4O2/c1-4-17-14(20)10-5-6-12(11(15)9-10)18(3)8-7-13(19)16-2/h5-6,9H,4,7-8,15H2,1-3H3,(H,16,19)(H,17,20). The number of carbonyl (C=O) groups is 2. The Morgan fingerprint density at radius 2 is 2.05 bits per heavy atom. The van der Waals surface area contributed by atoms with Crippen molar-refractivity contribution >= 4 is 23.2 Å². The molecule has 0 unspecified atom stereocenters. The van der Waals surface area contributed by atoms with Gasteiger partial charge in [0.2, 0.25) is 5.91 Å². The Hall–Kier alpha value is -2.24. The summed E-state index contributed by atoms with van der Waals surface area (Å²) in [4.78, 5) is 24.8. The Balaban J connectivity index is 2.77. The number of rotatable bonds is 6. The van der Waals surface area contributed by atoms with Crippen molar-refractivity contribution < 1.29 is 9.59 Å². The van der Waals surface area contributed by atoms with Crippen LogP contribution in [-0.2, 0) is 4.79 Å². The fourth-order valence-electron chi connectivity index (χ4n) is 1.82. The third-order valence-corrected chi connectivity index (χ3v) is 2.99. The first kappa shape index (κ1) is 15.8. The minimum absolute atomic E-state index is 0.0191. The number of amides is 2. The molecule has 0 saturated heterocycles. The van der Waals surface area contributed by atoms with Crippen molar-refractivity contribution in [3.63, 3.8) is 0 Å². The highest BCUT2D eigenvalue weighted by molar-refractivity contribution is 5.96. The molecule has 1 rings (SSSR count). The average molecular weight is 278 g/mol. The van der Waals surface area contributed by atoms with Crippen LogP contribution in [-0.4, -0.2) is 39.0 Å². The summed E-state index contributed by atoms with van der Waals surface area (Å²) in [7, 11) is 3.47. The lowest BCUT2D eigenvalue weighted by molar-refractivity contribution is -0.120. The highest BCUT2D eigenvalue weighted by atomic mass is 16.2. The number of carbonyl (C=O) groups excluding carboxylic acids is 2. The second-order valence-electron chi connectivity index (χ2n) is 4.48. The Labute approximate surface area is 119 Å². The lowest BCUT2D eigenvalue weighted by Gasteiger charge is -2.21. The molecule has 0 spiro atoms. The zero-order valence-corrected chi connectivity index (χ0v) is 12.2. The Kier molecular flexibility index (Phi) is 5.83. The topological polar surface area (TPSA) is 87.5 Å². The summed E-state index contributed by atoms with van der Waals surface area (Å²) in [5.41, 5.74) is 7.84. The van der Waals surface area contributed by atoms with Crippen molar-refractivity contribution in [3.8, 4) is 0 Å². The normalized spacial score (nSPS) is 9.95. The van der Waals surface area contributed by atoms with Crippen molar-refractivity contribution in [2.75, 3.05) is 37.8 Å². The molecule has 0 aromatic heterocycles. The molecule has 0 aliphatic carbocycles. The molecule has 2 amide bonds. The number of nitrogen functional groups attached to an aromatic ring is 1. The van der Waals surface area contributed by atoms with Crippen LogP contribution in [0.25, 0.3) is 0 Å². The van der Waals surface area contributed by atoms with Gasteiger partial charge in [0.05, 0.1) is 11.4 Å². The molecule has 0 fully saturated rings. The predicted octanol–water partition coefficient (Wildman–Crippen LogP) is 0.591. The van der Waals surface area contributed by atoms with Crippen LogP contribution in [0.2, 0.25) is 0 Å². The largest absolute Gasteiger partial charge is 0.397 e. The van der Waals surface area contributed by atoms with Crippen molar-refractivity contribution in [2.45, 2.75) is 13.3 Å². The predicted molar refractivity (Wildman–Crippen MR) is 80.8 cm³/mol. The summed E-state index contributed by atoms with van der Waals surface area (Å²) in [5.74, 6) is -0.159. The van der Waals surface area contributed by atoms with Crippen LogP contribution in [0.15, 0.2) is 18.2 Å². The number of nitrogens with one attached hydrogen (secondary N) is 2. The van der Waals surface area contributed by atoms with Crippen molar-refractivity contribution in [1.82, 2.24) is 10.6 Å². The Bertz CT molecular complexity index is 488. The molecule has 4 N–H and O–H groups in total. The first-order valence-corrected chi connectivity index (χ1v) is 6.59. The van der Waals surface area contributed by atoms with Crippen LogP contribution in [0.3, 0.4) is 0 Å². The highest BCUT2D eigenvalue weighted by Gasteiger charge is 2.10. The van der Waals surface area contributed by atoms with Gasteiger partial charge in [0.1, 0.15) is 0 Å². The maximum atomic E-state index is 11.7. The molecule has 1 aromatic carbocycles. The molecule has 0 saturated carbocycles. The second kappa shape index (κ2) is 7.37. The molecule has 6 heteroatoms. The van der Waals surface area contributed by atoms with Gasteiger partial charge in [-0.25, -0.2) is 0 Å². The molecule has 20 heavy (non-hydrogen) atoms. The van der Waals surface area contributed by atoms with Crippen molar-refractivity contribution in [2.24, 2.45) is 0 Å². The Morgan fingerprint density at radius 1 is 1.35 bits per heavy atom. The van der Waals surface area contributed by atoms with Gasteiger partial charge in [-0.3, -0.25) is 9.59 Å². The summed E-state index contributed by atoms with van der Waals surface area (Å²) in [5, 5.41) is 5.30. The van der Waals surface area contributed by atoms with E-state index in [1.165, 1.54) is 0 Å². The van der Waals surface area contributed by atoms with Gasteiger partial charge in [0, 0.05) is 39.2 Å². The van der Waals surface area contributed by atoms with Crippen molar-refractivity contribution in [3.05, 3.63) is 23.8 Å². The number of nitrogens with zero attached hydrogens (tertiary/aromatic N) is 1. The highest BCUT2D eigenvalue weighted by Crippen LogP contribution is 2.23. The summed E-state index contributed by atoms with van der Waals surface area (Å²) in [6.07, 6.45) is 0.393. The van der Waals surface area contributed by atoms with E-state index >= 15 is 0 Å². The van der Waals surface area contributed by atoms with E-state index in [-0.39, 0.29) is 11.8 Å². The van der Waals surface area contributed by atoms with E-state index in [1.54, 1.807) is 25.2 Å². The zero-order valence-electron chi connectivity index (χ0n) is 12.2. The number of nitrogens with two attached hydrogens (primary N) is 1. The molecule has 110 valence electrons. The third kappa shape index (κ3) is 4.15. The summed E-state index contributed by atoms with van der Waals surface area (Å²) in [6.45, 7) is 3.00. The third-order valence-electron chi connectivity index (χ3n) is 2.99. The van der Waals surface area contributed by atoms with E-state index < -0.39 is 0 Å². The number of benzene rings is 1.